The first-order chi connectivity index (χ1) is 13.0. The van der Waals surface area contributed by atoms with E-state index in [2.05, 4.69) is 20.9 Å². The van der Waals surface area contributed by atoms with E-state index in [-0.39, 0.29) is 37.4 Å². The monoisotopic (exact) mass is 373 g/mol. The van der Waals surface area contributed by atoms with Crippen molar-refractivity contribution in [2.45, 2.75) is 25.9 Å². The van der Waals surface area contributed by atoms with Crippen molar-refractivity contribution in [3.63, 3.8) is 0 Å². The fourth-order valence-corrected chi connectivity index (χ4v) is 2.28. The molecule has 0 aliphatic heterocycles. The Morgan fingerprint density at radius 3 is 2.85 bits per heavy atom. The van der Waals surface area contributed by atoms with E-state index < -0.39 is 5.97 Å². The number of hydrogen-bond donors (Lipinski definition) is 3. The standard InChI is InChI=1S/C17H19N5O5/c23-15(18-7-13-8-22(21-20-13)9-16(24)25)10-27-14-3-1-2-12(6-14)19-17(26)11-4-5-11/h1-3,6,8,11H,4-5,7,9-10H2,(H,18,23)(H,19,26)(H,24,25). The molecule has 1 aromatic heterocycles. The van der Waals surface area contributed by atoms with Gasteiger partial charge in [0.2, 0.25) is 5.91 Å². The number of aromatic nitrogens is 3. The number of carboxylic acid groups (broad SMARTS) is 1. The smallest absolute Gasteiger partial charge is 0.325 e. The molecule has 1 aliphatic rings. The molecule has 10 nitrogen and oxygen atoms in total. The predicted molar refractivity (Wildman–Crippen MR) is 92.8 cm³/mol. The molecule has 0 spiro atoms. The first-order valence-corrected chi connectivity index (χ1v) is 8.41. The van der Waals surface area contributed by atoms with Crippen molar-refractivity contribution in [3.05, 3.63) is 36.2 Å². The number of ether oxygens (including phenoxy) is 1. The number of nitrogens with one attached hydrogen (secondary N) is 2. The Morgan fingerprint density at radius 2 is 2.11 bits per heavy atom. The molecule has 0 radical (unpaired) electrons. The number of rotatable bonds is 9. The van der Waals surface area contributed by atoms with Crippen molar-refractivity contribution in [2.24, 2.45) is 5.92 Å². The number of carbonyl (C=O) groups excluding carboxylic acids is 2. The van der Waals surface area contributed by atoms with Gasteiger partial charge in [0.15, 0.2) is 6.61 Å². The van der Waals surface area contributed by atoms with Gasteiger partial charge in [0.25, 0.3) is 5.91 Å². The maximum Gasteiger partial charge on any atom is 0.325 e. The van der Waals surface area contributed by atoms with Crippen molar-refractivity contribution in [3.8, 4) is 5.75 Å². The van der Waals surface area contributed by atoms with E-state index >= 15 is 0 Å². The Kier molecular flexibility index (Phi) is 5.64. The van der Waals surface area contributed by atoms with Crippen molar-refractivity contribution >= 4 is 23.5 Å². The van der Waals surface area contributed by atoms with Crippen molar-refractivity contribution < 1.29 is 24.2 Å². The lowest BCUT2D eigenvalue weighted by molar-refractivity contribution is -0.138. The third kappa shape index (κ3) is 5.80. The zero-order valence-corrected chi connectivity index (χ0v) is 14.4. The fourth-order valence-electron chi connectivity index (χ4n) is 2.28. The summed E-state index contributed by atoms with van der Waals surface area (Å²) in [6, 6.07) is 6.84. The summed E-state index contributed by atoms with van der Waals surface area (Å²) < 4.78 is 6.60. The highest BCUT2D eigenvalue weighted by Crippen LogP contribution is 2.30. The Hall–Kier alpha value is -3.43. The lowest BCUT2D eigenvalue weighted by atomic mass is 10.3. The molecule has 0 atom stereocenters. The van der Waals surface area contributed by atoms with Gasteiger partial charge in [0, 0.05) is 17.7 Å². The summed E-state index contributed by atoms with van der Waals surface area (Å²) in [7, 11) is 0. The van der Waals surface area contributed by atoms with Gasteiger partial charge in [-0.15, -0.1) is 5.10 Å². The highest BCUT2D eigenvalue weighted by atomic mass is 16.5. The molecule has 0 saturated heterocycles. The van der Waals surface area contributed by atoms with Crippen molar-refractivity contribution in [1.82, 2.24) is 20.3 Å². The van der Waals surface area contributed by atoms with Crippen LogP contribution in [0.5, 0.6) is 5.75 Å². The van der Waals surface area contributed by atoms with Crippen LogP contribution in [-0.2, 0) is 27.5 Å². The van der Waals surface area contributed by atoms with Crippen LogP contribution in [0, 0.1) is 5.92 Å². The van der Waals surface area contributed by atoms with Crippen LogP contribution < -0.4 is 15.4 Å². The van der Waals surface area contributed by atoms with E-state index in [4.69, 9.17) is 9.84 Å². The van der Waals surface area contributed by atoms with Gasteiger partial charge >= 0.3 is 5.97 Å². The lowest BCUT2D eigenvalue weighted by Gasteiger charge is -2.09. The number of anilines is 1. The molecule has 1 aliphatic carbocycles. The van der Waals surface area contributed by atoms with Gasteiger partial charge in [-0.25, -0.2) is 4.68 Å². The molecule has 10 heteroatoms. The molecule has 1 heterocycles. The minimum atomic E-state index is -1.03. The maximum absolute atomic E-state index is 11.9. The number of carbonyl (C=O) groups is 3. The first-order valence-electron chi connectivity index (χ1n) is 8.41. The van der Waals surface area contributed by atoms with E-state index in [9.17, 15) is 14.4 Å². The second-order valence-corrected chi connectivity index (χ2v) is 6.16. The third-order valence-corrected chi connectivity index (χ3v) is 3.77. The second kappa shape index (κ2) is 8.30. The SMILES string of the molecule is O=C(O)Cn1cc(CNC(=O)COc2cccc(NC(=O)C3CC3)c2)nn1. The Bertz CT molecular complexity index is 846. The largest absolute Gasteiger partial charge is 0.484 e. The van der Waals surface area contributed by atoms with E-state index in [1.165, 1.54) is 10.9 Å². The molecule has 3 N–H and O–H groups in total. The highest BCUT2D eigenvalue weighted by Gasteiger charge is 2.29. The average molecular weight is 373 g/mol. The van der Waals surface area contributed by atoms with Crippen LogP contribution in [0.2, 0.25) is 0 Å². The van der Waals surface area contributed by atoms with E-state index in [1.807, 2.05) is 0 Å². The number of benzene rings is 1. The molecule has 1 saturated carbocycles. The second-order valence-electron chi connectivity index (χ2n) is 6.16. The zero-order valence-electron chi connectivity index (χ0n) is 14.4. The molecule has 1 fully saturated rings. The normalized spacial score (nSPS) is 13.0. The van der Waals surface area contributed by atoms with E-state index in [0.29, 0.717) is 17.1 Å². The van der Waals surface area contributed by atoms with Crippen LogP contribution in [0.25, 0.3) is 0 Å². The molecule has 2 aromatic rings. The van der Waals surface area contributed by atoms with Crippen LogP contribution in [0.3, 0.4) is 0 Å². The fraction of sp³-hybridized carbons (Fsp3) is 0.353. The van der Waals surface area contributed by atoms with Crippen LogP contribution in [0.1, 0.15) is 18.5 Å². The zero-order chi connectivity index (χ0) is 19.2. The van der Waals surface area contributed by atoms with Gasteiger partial charge in [-0.05, 0) is 25.0 Å². The molecular formula is C17H19N5O5. The van der Waals surface area contributed by atoms with Crippen LogP contribution in [0.4, 0.5) is 5.69 Å². The summed E-state index contributed by atoms with van der Waals surface area (Å²) in [4.78, 5) is 34.2. The summed E-state index contributed by atoms with van der Waals surface area (Å²) in [6.07, 6.45) is 3.29. The predicted octanol–water partition coefficient (Wildman–Crippen LogP) is 0.406. The third-order valence-electron chi connectivity index (χ3n) is 3.77. The quantitative estimate of drug-likeness (QED) is 0.579. The van der Waals surface area contributed by atoms with Crippen molar-refractivity contribution in [2.75, 3.05) is 11.9 Å². The highest BCUT2D eigenvalue weighted by molar-refractivity contribution is 5.94. The number of carboxylic acids is 1. The molecule has 0 bridgehead atoms. The Morgan fingerprint density at radius 1 is 1.30 bits per heavy atom. The molecule has 2 amide bonds. The number of aliphatic carboxylic acids is 1. The minimum absolute atomic E-state index is 0.000775. The molecule has 142 valence electrons. The van der Waals surface area contributed by atoms with E-state index in [1.54, 1.807) is 24.3 Å². The Labute approximate surface area is 154 Å². The van der Waals surface area contributed by atoms with Crippen LogP contribution in [-0.4, -0.2) is 44.5 Å². The molecule has 3 rings (SSSR count). The Balaban J connectivity index is 1.42. The summed E-state index contributed by atoms with van der Waals surface area (Å²) in [5.74, 6) is -0.824. The summed E-state index contributed by atoms with van der Waals surface area (Å²) in [5.41, 5.74) is 1.06. The van der Waals surface area contributed by atoms with Gasteiger partial charge in [-0.3, -0.25) is 14.4 Å². The minimum Gasteiger partial charge on any atom is -0.484 e. The molecule has 1 aromatic carbocycles. The maximum atomic E-state index is 11.9. The first kappa shape index (κ1) is 18.4. The van der Waals surface area contributed by atoms with Crippen molar-refractivity contribution in [1.29, 1.82) is 0 Å². The summed E-state index contributed by atoms with van der Waals surface area (Å²) >= 11 is 0. The van der Waals surface area contributed by atoms with Gasteiger partial charge in [-0.1, -0.05) is 11.3 Å². The average Bonchev–Trinajstić information content (AvgIpc) is 3.39. The van der Waals surface area contributed by atoms with Gasteiger partial charge in [0.1, 0.15) is 18.0 Å². The van der Waals surface area contributed by atoms with Gasteiger partial charge < -0.3 is 20.5 Å². The topological polar surface area (TPSA) is 135 Å². The number of hydrogen-bond acceptors (Lipinski definition) is 6. The summed E-state index contributed by atoms with van der Waals surface area (Å²) in [5, 5.41) is 21.5. The molecule has 27 heavy (non-hydrogen) atoms. The molecular weight excluding hydrogens is 354 g/mol. The number of nitrogens with zero attached hydrogens (tertiary/aromatic N) is 3. The lowest BCUT2D eigenvalue weighted by Crippen LogP contribution is -2.28. The van der Waals surface area contributed by atoms with Gasteiger partial charge in [0.05, 0.1) is 12.7 Å². The summed E-state index contributed by atoms with van der Waals surface area (Å²) in [6.45, 7) is -0.389. The van der Waals surface area contributed by atoms with E-state index in [0.717, 1.165) is 12.8 Å². The van der Waals surface area contributed by atoms with Crippen LogP contribution >= 0.6 is 0 Å². The van der Waals surface area contributed by atoms with Crippen LogP contribution in [0.15, 0.2) is 30.5 Å². The molecule has 0 unspecified atom stereocenters. The number of amides is 2. The van der Waals surface area contributed by atoms with Gasteiger partial charge in [-0.2, -0.15) is 0 Å².